The number of hydrogen-bond donors (Lipinski definition) is 4. The first-order valence-electron chi connectivity index (χ1n) is 14.8. The van der Waals surface area contributed by atoms with Gasteiger partial charge in [-0.2, -0.15) is 0 Å². The van der Waals surface area contributed by atoms with Gasteiger partial charge in [-0.25, -0.2) is 4.79 Å². The molecule has 1 aliphatic heterocycles. The van der Waals surface area contributed by atoms with Gasteiger partial charge in [-0.15, -0.1) is 0 Å². The Morgan fingerprint density at radius 2 is 1.68 bits per heavy atom. The third-order valence-corrected chi connectivity index (χ3v) is 7.27. The molecule has 1 aliphatic rings. The highest BCUT2D eigenvalue weighted by atomic mass is 16.5. The Kier molecular flexibility index (Phi) is 16.5. The van der Waals surface area contributed by atoms with Crippen LogP contribution in [0.2, 0.25) is 0 Å². The minimum absolute atomic E-state index is 0.0885. The summed E-state index contributed by atoms with van der Waals surface area (Å²) in [7, 11) is 0. The van der Waals surface area contributed by atoms with Gasteiger partial charge in [-0.1, -0.05) is 80.0 Å². The van der Waals surface area contributed by atoms with Crippen molar-refractivity contribution in [2.75, 3.05) is 0 Å². The van der Waals surface area contributed by atoms with E-state index in [1.807, 2.05) is 58.9 Å². The Hall–Kier alpha value is -2.74. The van der Waals surface area contributed by atoms with Crippen molar-refractivity contribution < 1.29 is 34.8 Å². The second-order valence-corrected chi connectivity index (χ2v) is 11.8. The summed E-state index contributed by atoms with van der Waals surface area (Å²) in [4.78, 5) is 24.8. The highest BCUT2D eigenvalue weighted by Gasteiger charge is 2.27. The van der Waals surface area contributed by atoms with Crippen molar-refractivity contribution in [1.29, 1.82) is 0 Å². The van der Waals surface area contributed by atoms with E-state index in [0.29, 0.717) is 24.8 Å². The highest BCUT2D eigenvalue weighted by molar-refractivity contribution is 5.88. The maximum absolute atomic E-state index is 12.4. The summed E-state index contributed by atoms with van der Waals surface area (Å²) in [5, 5.41) is 39.5. The van der Waals surface area contributed by atoms with Crippen LogP contribution in [-0.2, 0) is 14.3 Å². The maximum Gasteiger partial charge on any atom is 0.331 e. The molecule has 6 atom stereocenters. The molecule has 0 unspecified atom stereocenters. The van der Waals surface area contributed by atoms with Gasteiger partial charge >= 0.3 is 11.9 Å². The topological polar surface area (TPSA) is 124 Å². The van der Waals surface area contributed by atoms with Gasteiger partial charge in [0.05, 0.1) is 18.3 Å². The molecule has 1 rings (SSSR count). The number of carboxylic acid groups (broad SMARTS) is 1. The number of allylic oxidation sites excluding steroid dienone is 9. The number of cyclic esters (lactones) is 1. The zero-order chi connectivity index (χ0) is 31.1. The van der Waals surface area contributed by atoms with Gasteiger partial charge in [0.2, 0.25) is 0 Å². The van der Waals surface area contributed by atoms with Crippen molar-refractivity contribution in [3.05, 3.63) is 70.9 Å². The quantitative estimate of drug-likeness (QED) is 0.100. The molecule has 0 aliphatic carbocycles. The number of aliphatic hydroxyl groups excluding tert-OH is 3. The zero-order valence-electron chi connectivity index (χ0n) is 25.9. The summed E-state index contributed by atoms with van der Waals surface area (Å²) in [5.41, 5.74) is 2.83. The summed E-state index contributed by atoms with van der Waals surface area (Å²) in [6.07, 6.45) is 14.8. The molecule has 41 heavy (non-hydrogen) atoms. The first-order chi connectivity index (χ1) is 19.2. The van der Waals surface area contributed by atoms with E-state index in [1.54, 1.807) is 19.1 Å². The number of aliphatic hydroxyl groups is 3. The fourth-order valence-electron chi connectivity index (χ4n) is 4.90. The first kappa shape index (κ1) is 36.3. The van der Waals surface area contributed by atoms with Gasteiger partial charge in [-0.3, -0.25) is 4.79 Å². The van der Waals surface area contributed by atoms with Crippen molar-refractivity contribution >= 4 is 11.9 Å². The number of carbonyl (C=O) groups is 2. The van der Waals surface area contributed by atoms with Crippen LogP contribution in [-0.4, -0.2) is 56.8 Å². The number of esters is 1. The Balaban J connectivity index is 3.07. The van der Waals surface area contributed by atoms with Crippen LogP contribution in [0.4, 0.5) is 0 Å². The molecule has 0 saturated carbocycles. The number of hydrogen-bond acceptors (Lipinski definition) is 6. The third kappa shape index (κ3) is 14.6. The van der Waals surface area contributed by atoms with E-state index in [0.717, 1.165) is 23.1 Å². The average Bonchev–Trinajstić information content (AvgIpc) is 2.85. The van der Waals surface area contributed by atoms with Crippen LogP contribution in [0.1, 0.15) is 87.0 Å². The monoisotopic (exact) mass is 572 g/mol. The zero-order valence-corrected chi connectivity index (χ0v) is 25.9. The minimum Gasteiger partial charge on any atom is -0.478 e. The van der Waals surface area contributed by atoms with Crippen molar-refractivity contribution in [2.24, 2.45) is 17.8 Å². The molecule has 7 nitrogen and oxygen atoms in total. The Labute approximate surface area is 246 Å². The SMILES string of the molecule is CC(=CC=CC(C)=C[C@@H](O)[C@@H](O)C[C@H](C)O)C=C(C)C=C(C(=O)O)[C@H]1CCCC(=O)O[C@@H](C(C)C)CC=CC[C@@H]1C. The summed E-state index contributed by atoms with van der Waals surface area (Å²) >= 11 is 0. The number of ether oxygens (including phenoxy) is 1. The smallest absolute Gasteiger partial charge is 0.331 e. The van der Waals surface area contributed by atoms with Gasteiger partial charge in [0, 0.05) is 24.8 Å². The molecule has 0 aromatic carbocycles. The molecule has 0 aromatic rings. The van der Waals surface area contributed by atoms with E-state index in [4.69, 9.17) is 4.74 Å². The summed E-state index contributed by atoms with van der Waals surface area (Å²) in [5.74, 6) is -1.06. The number of carbonyl (C=O) groups excluding carboxylic acids is 1. The van der Waals surface area contributed by atoms with E-state index in [9.17, 15) is 30.0 Å². The Morgan fingerprint density at radius 1 is 1.02 bits per heavy atom. The van der Waals surface area contributed by atoms with Gasteiger partial charge in [0.25, 0.3) is 0 Å². The lowest BCUT2D eigenvalue weighted by molar-refractivity contribution is -0.151. The van der Waals surface area contributed by atoms with Crippen LogP contribution in [0.15, 0.2) is 70.9 Å². The molecule has 230 valence electrons. The lowest BCUT2D eigenvalue weighted by Gasteiger charge is -2.26. The predicted octanol–water partition coefficient (Wildman–Crippen LogP) is 6.23. The highest BCUT2D eigenvalue weighted by Crippen LogP contribution is 2.31. The van der Waals surface area contributed by atoms with Gasteiger partial charge < -0.3 is 25.2 Å². The molecule has 0 amide bonds. The van der Waals surface area contributed by atoms with Crippen molar-refractivity contribution in [3.8, 4) is 0 Å². The molecule has 4 N–H and O–H groups in total. The Bertz CT molecular complexity index is 1030. The normalized spacial score (nSPS) is 25.0. The van der Waals surface area contributed by atoms with Crippen LogP contribution < -0.4 is 0 Å². The molecule has 0 aromatic heterocycles. The van der Waals surface area contributed by atoms with Gasteiger partial charge in [0.15, 0.2) is 0 Å². The molecule has 7 heteroatoms. The largest absolute Gasteiger partial charge is 0.478 e. The standard InChI is InChI=1S/C34H52O7/c1-22(2)32-16-9-8-14-26(6)28(15-11-17-33(38)41-32)29(34(39)40)19-25(5)18-23(3)12-10-13-24(4)20-30(36)31(37)21-27(7)35/h8-10,12-13,18-20,22,26-28,30-32,35-37H,11,14-17,21H2,1-7H3,(H,39,40)/t26-,27-,28-,30+,31-,32+/m0/s1. The fourth-order valence-corrected chi connectivity index (χ4v) is 4.90. The number of carboxylic acids is 1. The lowest BCUT2D eigenvalue weighted by Crippen LogP contribution is -2.27. The molecular weight excluding hydrogens is 520 g/mol. The predicted molar refractivity (Wildman–Crippen MR) is 164 cm³/mol. The van der Waals surface area contributed by atoms with Gasteiger partial charge in [-0.05, 0) is 70.8 Å². The average molecular weight is 573 g/mol. The van der Waals surface area contributed by atoms with E-state index in [2.05, 4.69) is 13.0 Å². The number of rotatable bonds is 11. The van der Waals surface area contributed by atoms with Crippen LogP contribution in [0.5, 0.6) is 0 Å². The molecule has 0 bridgehead atoms. The van der Waals surface area contributed by atoms with Crippen molar-refractivity contribution in [2.45, 2.75) is 111 Å². The van der Waals surface area contributed by atoms with E-state index in [1.165, 1.54) is 6.08 Å². The molecule has 1 heterocycles. The van der Waals surface area contributed by atoms with E-state index in [-0.39, 0.29) is 42.7 Å². The van der Waals surface area contributed by atoms with Crippen molar-refractivity contribution in [1.82, 2.24) is 0 Å². The maximum atomic E-state index is 12.4. The van der Waals surface area contributed by atoms with Crippen LogP contribution in [0.25, 0.3) is 0 Å². The second kappa shape index (κ2) is 18.6. The number of aliphatic carboxylic acids is 1. The molecule has 0 radical (unpaired) electrons. The third-order valence-electron chi connectivity index (χ3n) is 7.27. The van der Waals surface area contributed by atoms with E-state index < -0.39 is 24.3 Å². The lowest BCUT2D eigenvalue weighted by atomic mass is 9.80. The summed E-state index contributed by atoms with van der Waals surface area (Å²) in [6, 6.07) is 0. The molecular formula is C34H52O7. The van der Waals surface area contributed by atoms with Crippen molar-refractivity contribution in [3.63, 3.8) is 0 Å². The van der Waals surface area contributed by atoms with E-state index >= 15 is 0 Å². The fraction of sp³-hybridized carbons (Fsp3) is 0.588. The molecule has 0 spiro atoms. The van der Waals surface area contributed by atoms with Crippen LogP contribution in [0, 0.1) is 17.8 Å². The second-order valence-electron chi connectivity index (χ2n) is 11.8. The molecule has 0 saturated heterocycles. The molecule has 0 fully saturated rings. The van der Waals surface area contributed by atoms with Crippen LogP contribution in [0.3, 0.4) is 0 Å². The minimum atomic E-state index is -1.07. The Morgan fingerprint density at radius 3 is 2.29 bits per heavy atom. The van der Waals surface area contributed by atoms with Crippen LogP contribution >= 0.6 is 0 Å². The van der Waals surface area contributed by atoms with Gasteiger partial charge in [0.1, 0.15) is 6.10 Å². The first-order valence-corrected chi connectivity index (χ1v) is 14.8. The summed E-state index contributed by atoms with van der Waals surface area (Å²) < 4.78 is 5.67. The summed E-state index contributed by atoms with van der Waals surface area (Å²) in [6.45, 7) is 13.3.